The Balaban J connectivity index is 1.91. The van der Waals surface area contributed by atoms with Crippen LogP contribution in [-0.2, 0) is 20.9 Å². The van der Waals surface area contributed by atoms with Gasteiger partial charge in [0.15, 0.2) is 0 Å². The number of ether oxygens (including phenoxy) is 2. The summed E-state index contributed by atoms with van der Waals surface area (Å²) in [5, 5.41) is 2.71. The predicted octanol–water partition coefficient (Wildman–Crippen LogP) is 4.98. The third-order valence-corrected chi connectivity index (χ3v) is 4.79. The molecule has 1 aromatic rings. The summed E-state index contributed by atoms with van der Waals surface area (Å²) in [5.74, 6) is 0.226. The number of nitrogens with one attached hydrogen (secondary N) is 1. The van der Waals surface area contributed by atoms with E-state index in [0.717, 1.165) is 12.0 Å². The monoisotopic (exact) mass is 375 g/mol. The third-order valence-electron chi connectivity index (χ3n) is 4.79. The van der Waals surface area contributed by atoms with Gasteiger partial charge in [0.1, 0.15) is 18.2 Å². The van der Waals surface area contributed by atoms with Gasteiger partial charge < -0.3 is 14.8 Å². The highest BCUT2D eigenvalue weighted by atomic mass is 16.6. The van der Waals surface area contributed by atoms with Crippen LogP contribution >= 0.6 is 0 Å². The van der Waals surface area contributed by atoms with Crippen molar-refractivity contribution in [3.05, 3.63) is 35.9 Å². The Morgan fingerprint density at radius 3 is 2.41 bits per heavy atom. The van der Waals surface area contributed by atoms with Gasteiger partial charge in [-0.1, -0.05) is 62.4 Å². The Hall–Kier alpha value is -2.04. The van der Waals surface area contributed by atoms with Crippen LogP contribution in [0.25, 0.3) is 0 Å². The Kier molecular flexibility index (Phi) is 8.14. The SMILES string of the molecule is CC(C)(C)OC(=O)NC(CCC1CCCCC1)C(=O)OCc1ccccc1. The number of benzene rings is 1. The fourth-order valence-electron chi connectivity index (χ4n) is 3.41. The molecule has 1 unspecified atom stereocenters. The van der Waals surface area contributed by atoms with E-state index in [1.54, 1.807) is 20.8 Å². The molecule has 1 fully saturated rings. The molecule has 1 aromatic carbocycles. The lowest BCUT2D eigenvalue weighted by Gasteiger charge is -2.25. The van der Waals surface area contributed by atoms with Gasteiger partial charge in [0.05, 0.1) is 0 Å². The fraction of sp³-hybridized carbons (Fsp3) is 0.636. The quantitative estimate of drug-likeness (QED) is 0.682. The number of hydrogen-bond acceptors (Lipinski definition) is 4. The number of esters is 1. The molecule has 2 rings (SSSR count). The van der Waals surface area contributed by atoms with Gasteiger partial charge in [-0.25, -0.2) is 9.59 Å². The molecule has 150 valence electrons. The number of amides is 1. The van der Waals surface area contributed by atoms with Gasteiger partial charge >= 0.3 is 12.1 Å². The molecule has 0 radical (unpaired) electrons. The number of carbonyl (C=O) groups is 2. The zero-order valence-electron chi connectivity index (χ0n) is 16.8. The van der Waals surface area contributed by atoms with Crippen molar-refractivity contribution >= 4 is 12.1 Å². The zero-order chi connectivity index (χ0) is 19.7. The van der Waals surface area contributed by atoms with Crippen molar-refractivity contribution in [1.29, 1.82) is 0 Å². The minimum atomic E-state index is -0.675. The number of carbonyl (C=O) groups excluding carboxylic acids is 2. The van der Waals surface area contributed by atoms with Gasteiger partial charge in [0.2, 0.25) is 0 Å². The second-order valence-corrected chi connectivity index (χ2v) is 8.37. The van der Waals surface area contributed by atoms with Crippen LogP contribution in [0.3, 0.4) is 0 Å². The van der Waals surface area contributed by atoms with Crippen LogP contribution in [0.4, 0.5) is 4.79 Å². The maximum Gasteiger partial charge on any atom is 0.408 e. The van der Waals surface area contributed by atoms with Crippen molar-refractivity contribution in [1.82, 2.24) is 5.32 Å². The Morgan fingerprint density at radius 1 is 1.11 bits per heavy atom. The highest BCUT2D eigenvalue weighted by Gasteiger charge is 2.27. The summed E-state index contributed by atoms with van der Waals surface area (Å²) in [6.45, 7) is 5.61. The van der Waals surface area contributed by atoms with Gasteiger partial charge in [0, 0.05) is 0 Å². The van der Waals surface area contributed by atoms with Gasteiger partial charge in [-0.3, -0.25) is 0 Å². The number of hydrogen-bond donors (Lipinski definition) is 1. The predicted molar refractivity (Wildman–Crippen MR) is 105 cm³/mol. The third kappa shape index (κ3) is 8.46. The van der Waals surface area contributed by atoms with E-state index < -0.39 is 23.7 Å². The second kappa shape index (κ2) is 10.3. The summed E-state index contributed by atoms with van der Waals surface area (Å²) in [4.78, 5) is 24.8. The maximum absolute atomic E-state index is 12.6. The molecule has 0 saturated heterocycles. The molecule has 5 heteroatoms. The van der Waals surface area contributed by atoms with Crippen molar-refractivity contribution < 1.29 is 19.1 Å². The van der Waals surface area contributed by atoms with Gasteiger partial charge in [-0.2, -0.15) is 0 Å². The van der Waals surface area contributed by atoms with E-state index >= 15 is 0 Å². The first kappa shape index (κ1) is 21.3. The smallest absolute Gasteiger partial charge is 0.408 e. The average Bonchev–Trinajstić information content (AvgIpc) is 2.63. The Morgan fingerprint density at radius 2 is 1.78 bits per heavy atom. The van der Waals surface area contributed by atoms with E-state index in [0.29, 0.717) is 12.3 Å². The fourth-order valence-corrected chi connectivity index (χ4v) is 3.41. The lowest BCUT2D eigenvalue weighted by atomic mass is 9.85. The molecule has 1 aliphatic rings. The van der Waals surface area contributed by atoms with Gasteiger partial charge in [0.25, 0.3) is 0 Å². The molecule has 1 amide bonds. The summed E-state index contributed by atoms with van der Waals surface area (Å²) in [6.07, 6.45) is 7.15. The van der Waals surface area contributed by atoms with E-state index in [-0.39, 0.29) is 6.61 Å². The summed E-state index contributed by atoms with van der Waals surface area (Å²) in [6, 6.07) is 8.87. The summed E-state index contributed by atoms with van der Waals surface area (Å²) in [5.41, 5.74) is 0.320. The summed E-state index contributed by atoms with van der Waals surface area (Å²) < 4.78 is 10.8. The molecule has 1 aliphatic carbocycles. The molecule has 0 aromatic heterocycles. The van der Waals surface area contributed by atoms with Crippen LogP contribution in [0.5, 0.6) is 0 Å². The van der Waals surface area contributed by atoms with Crippen LogP contribution in [-0.4, -0.2) is 23.7 Å². The lowest BCUT2D eigenvalue weighted by molar-refractivity contribution is -0.147. The molecule has 1 N–H and O–H groups in total. The second-order valence-electron chi connectivity index (χ2n) is 8.37. The minimum Gasteiger partial charge on any atom is -0.459 e. The average molecular weight is 376 g/mol. The van der Waals surface area contributed by atoms with Gasteiger partial charge in [-0.05, 0) is 45.1 Å². The molecule has 0 heterocycles. The van der Waals surface area contributed by atoms with E-state index in [9.17, 15) is 9.59 Å². The van der Waals surface area contributed by atoms with Crippen LogP contribution in [0.2, 0.25) is 0 Å². The van der Waals surface area contributed by atoms with Gasteiger partial charge in [-0.15, -0.1) is 0 Å². The standard InChI is InChI=1S/C22H33NO4/c1-22(2,3)27-21(25)23-19(15-14-17-10-6-4-7-11-17)20(24)26-16-18-12-8-5-9-13-18/h5,8-9,12-13,17,19H,4,6-7,10-11,14-16H2,1-3H3,(H,23,25). The maximum atomic E-state index is 12.6. The van der Waals surface area contributed by atoms with E-state index in [2.05, 4.69) is 5.32 Å². The molecular formula is C22H33NO4. The van der Waals surface area contributed by atoms with E-state index in [1.807, 2.05) is 30.3 Å². The minimum absolute atomic E-state index is 0.204. The number of alkyl carbamates (subject to hydrolysis) is 1. The highest BCUT2D eigenvalue weighted by molar-refractivity contribution is 5.81. The first-order chi connectivity index (χ1) is 12.8. The molecule has 1 saturated carbocycles. The van der Waals surface area contributed by atoms with Crippen molar-refractivity contribution in [3.63, 3.8) is 0 Å². The molecule has 1 atom stereocenters. The zero-order valence-corrected chi connectivity index (χ0v) is 16.8. The molecule has 0 aliphatic heterocycles. The summed E-state index contributed by atoms with van der Waals surface area (Å²) >= 11 is 0. The normalized spacial score (nSPS) is 16.4. The first-order valence-electron chi connectivity index (χ1n) is 10.0. The number of rotatable bonds is 7. The molecular weight excluding hydrogens is 342 g/mol. The van der Waals surface area contributed by atoms with Crippen LogP contribution in [0.1, 0.15) is 71.3 Å². The van der Waals surface area contributed by atoms with Crippen molar-refractivity contribution in [3.8, 4) is 0 Å². The van der Waals surface area contributed by atoms with E-state index in [4.69, 9.17) is 9.47 Å². The Labute approximate surface area is 162 Å². The largest absolute Gasteiger partial charge is 0.459 e. The van der Waals surface area contributed by atoms with Crippen LogP contribution in [0.15, 0.2) is 30.3 Å². The van der Waals surface area contributed by atoms with Crippen molar-refractivity contribution in [2.45, 2.75) is 84.0 Å². The van der Waals surface area contributed by atoms with Crippen LogP contribution < -0.4 is 5.32 Å². The van der Waals surface area contributed by atoms with Crippen molar-refractivity contribution in [2.24, 2.45) is 5.92 Å². The lowest BCUT2D eigenvalue weighted by Crippen LogP contribution is -2.44. The summed E-state index contributed by atoms with van der Waals surface area (Å²) in [7, 11) is 0. The molecule has 0 bridgehead atoms. The molecule has 27 heavy (non-hydrogen) atoms. The van der Waals surface area contributed by atoms with Crippen molar-refractivity contribution in [2.75, 3.05) is 0 Å². The highest BCUT2D eigenvalue weighted by Crippen LogP contribution is 2.28. The molecule has 5 nitrogen and oxygen atoms in total. The van der Waals surface area contributed by atoms with Crippen LogP contribution in [0, 0.1) is 5.92 Å². The topological polar surface area (TPSA) is 64.6 Å². The first-order valence-corrected chi connectivity index (χ1v) is 10.0. The molecule has 0 spiro atoms. The van der Waals surface area contributed by atoms with E-state index in [1.165, 1.54) is 32.1 Å². The Bertz CT molecular complexity index is 588.